The largest absolute Gasteiger partial charge is 0.352 e. The predicted molar refractivity (Wildman–Crippen MR) is 108 cm³/mol. The summed E-state index contributed by atoms with van der Waals surface area (Å²) in [6.45, 7) is 7.39. The Morgan fingerprint density at radius 3 is 2.64 bits per heavy atom. The first-order valence-electron chi connectivity index (χ1n) is 10.3. The van der Waals surface area contributed by atoms with Crippen LogP contribution >= 0.6 is 0 Å². The van der Waals surface area contributed by atoms with Gasteiger partial charge in [-0.25, -0.2) is 0 Å². The van der Waals surface area contributed by atoms with E-state index in [-0.39, 0.29) is 17.7 Å². The fourth-order valence-electron chi connectivity index (χ4n) is 4.23. The van der Waals surface area contributed by atoms with E-state index in [9.17, 15) is 9.59 Å². The lowest BCUT2D eigenvalue weighted by atomic mass is 9.92. The van der Waals surface area contributed by atoms with E-state index in [2.05, 4.69) is 15.2 Å². The number of amides is 2. The van der Waals surface area contributed by atoms with Crippen molar-refractivity contribution in [3.63, 3.8) is 0 Å². The third-order valence-corrected chi connectivity index (χ3v) is 5.83. The number of likely N-dealkylation sites (tertiary alicyclic amines) is 2. The van der Waals surface area contributed by atoms with Crippen LogP contribution in [0.4, 0.5) is 0 Å². The normalized spacial score (nSPS) is 22.1. The minimum Gasteiger partial charge on any atom is -0.352 e. The predicted octanol–water partition coefficient (Wildman–Crippen LogP) is 1.14. The molecule has 2 fully saturated rings. The van der Waals surface area contributed by atoms with Crippen LogP contribution in [0, 0.1) is 5.92 Å². The Balaban J connectivity index is 1.47. The summed E-state index contributed by atoms with van der Waals surface area (Å²) < 4.78 is 0. The van der Waals surface area contributed by atoms with E-state index in [1.165, 1.54) is 0 Å². The highest BCUT2D eigenvalue weighted by Crippen LogP contribution is 2.25. The van der Waals surface area contributed by atoms with Gasteiger partial charge in [0, 0.05) is 44.6 Å². The van der Waals surface area contributed by atoms with Crippen molar-refractivity contribution < 1.29 is 9.59 Å². The van der Waals surface area contributed by atoms with Crippen LogP contribution in [-0.2, 0) is 16.1 Å². The molecule has 0 spiro atoms. The molecule has 2 aliphatic rings. The monoisotopic (exact) mass is 387 g/mol. The lowest BCUT2D eigenvalue weighted by Gasteiger charge is -2.43. The van der Waals surface area contributed by atoms with Gasteiger partial charge in [-0.15, -0.1) is 0 Å². The molecule has 7 nitrogen and oxygen atoms in total. The first-order chi connectivity index (χ1) is 13.3. The summed E-state index contributed by atoms with van der Waals surface area (Å²) >= 11 is 0. The Morgan fingerprint density at radius 1 is 1.25 bits per heavy atom. The number of hydrogen-bond acceptors (Lipinski definition) is 5. The molecule has 1 aromatic rings. The number of carbonyl (C=O) groups excluding carboxylic acids is 2. The van der Waals surface area contributed by atoms with Gasteiger partial charge in [0.25, 0.3) is 0 Å². The molecule has 154 valence electrons. The highest BCUT2D eigenvalue weighted by molar-refractivity contribution is 5.85. The molecule has 0 unspecified atom stereocenters. The van der Waals surface area contributed by atoms with Crippen LogP contribution < -0.4 is 11.1 Å². The minimum absolute atomic E-state index is 0.0252. The second-order valence-electron chi connectivity index (χ2n) is 8.66. The summed E-state index contributed by atoms with van der Waals surface area (Å²) in [6.07, 6.45) is 7.40. The standard InChI is InChI=1S/C21H33N5O2/c1-21(2,22)20(28)25-11-7-18(8-12-25)26-10-4-6-17(15-26)19(27)24-14-16-5-3-9-23-13-16/h3,5,9,13,17-18H,4,6-8,10-12,14-15,22H2,1-2H3,(H,24,27)/t17-/m1/s1. The van der Waals surface area contributed by atoms with E-state index in [0.29, 0.717) is 12.6 Å². The maximum Gasteiger partial charge on any atom is 0.242 e. The summed E-state index contributed by atoms with van der Waals surface area (Å²) in [4.78, 5) is 33.4. The highest BCUT2D eigenvalue weighted by Gasteiger charge is 2.35. The second-order valence-corrected chi connectivity index (χ2v) is 8.66. The van der Waals surface area contributed by atoms with Gasteiger partial charge in [0.1, 0.15) is 0 Å². The van der Waals surface area contributed by atoms with Crippen molar-refractivity contribution in [3.05, 3.63) is 30.1 Å². The van der Waals surface area contributed by atoms with E-state index in [0.717, 1.165) is 57.4 Å². The Kier molecular flexibility index (Phi) is 6.67. The quantitative estimate of drug-likeness (QED) is 0.790. The van der Waals surface area contributed by atoms with Gasteiger partial charge in [-0.1, -0.05) is 6.07 Å². The third kappa shape index (κ3) is 5.29. The Morgan fingerprint density at radius 2 is 2.00 bits per heavy atom. The average molecular weight is 388 g/mol. The zero-order valence-corrected chi connectivity index (χ0v) is 17.1. The molecule has 0 radical (unpaired) electrons. The van der Waals surface area contributed by atoms with E-state index < -0.39 is 5.54 Å². The lowest BCUT2D eigenvalue weighted by molar-refractivity contribution is -0.137. The number of hydrogen-bond donors (Lipinski definition) is 2. The molecule has 1 aromatic heterocycles. The molecule has 3 rings (SSSR count). The number of aromatic nitrogens is 1. The second kappa shape index (κ2) is 9.01. The van der Waals surface area contributed by atoms with Gasteiger partial charge in [-0.05, 0) is 57.7 Å². The fourth-order valence-corrected chi connectivity index (χ4v) is 4.23. The zero-order valence-electron chi connectivity index (χ0n) is 17.1. The van der Waals surface area contributed by atoms with Crippen molar-refractivity contribution in [2.45, 2.75) is 57.7 Å². The first kappa shape index (κ1) is 20.7. The molecule has 28 heavy (non-hydrogen) atoms. The van der Waals surface area contributed by atoms with Gasteiger partial charge in [0.2, 0.25) is 11.8 Å². The van der Waals surface area contributed by atoms with Gasteiger partial charge in [-0.3, -0.25) is 19.5 Å². The Hall–Kier alpha value is -1.99. The van der Waals surface area contributed by atoms with Crippen LogP contribution in [0.25, 0.3) is 0 Å². The van der Waals surface area contributed by atoms with Crippen molar-refractivity contribution in [1.82, 2.24) is 20.1 Å². The molecule has 0 aromatic carbocycles. The maximum atomic E-state index is 12.6. The number of nitrogens with zero attached hydrogens (tertiary/aromatic N) is 3. The maximum absolute atomic E-state index is 12.6. The SMILES string of the molecule is CC(C)(N)C(=O)N1CCC(N2CCC[C@@H](C(=O)NCc3cccnc3)C2)CC1. The number of nitrogens with one attached hydrogen (secondary N) is 1. The van der Waals surface area contributed by atoms with Crippen molar-refractivity contribution in [2.75, 3.05) is 26.2 Å². The molecular weight excluding hydrogens is 354 g/mol. The zero-order chi connectivity index (χ0) is 20.1. The molecular formula is C21H33N5O2. The molecule has 0 aliphatic carbocycles. The molecule has 2 amide bonds. The molecule has 2 aliphatic heterocycles. The fraction of sp³-hybridized carbons (Fsp3) is 0.667. The summed E-state index contributed by atoms with van der Waals surface area (Å²) in [5.41, 5.74) is 6.17. The van der Waals surface area contributed by atoms with Gasteiger partial charge in [0.15, 0.2) is 0 Å². The average Bonchev–Trinajstić information content (AvgIpc) is 2.72. The Bertz CT molecular complexity index is 665. The smallest absolute Gasteiger partial charge is 0.242 e. The number of piperidine rings is 2. The summed E-state index contributed by atoms with van der Waals surface area (Å²) in [6, 6.07) is 4.30. The van der Waals surface area contributed by atoms with Crippen LogP contribution in [-0.4, -0.2) is 64.4 Å². The van der Waals surface area contributed by atoms with Crippen LogP contribution in [0.3, 0.4) is 0 Å². The molecule has 3 N–H and O–H groups in total. The van der Waals surface area contributed by atoms with Crippen molar-refractivity contribution in [3.8, 4) is 0 Å². The topological polar surface area (TPSA) is 91.6 Å². The number of carbonyl (C=O) groups is 2. The summed E-state index contributed by atoms with van der Waals surface area (Å²) in [7, 11) is 0. The van der Waals surface area contributed by atoms with Crippen LogP contribution in [0.15, 0.2) is 24.5 Å². The highest BCUT2D eigenvalue weighted by atomic mass is 16.2. The minimum atomic E-state index is -0.810. The van der Waals surface area contributed by atoms with Gasteiger partial charge < -0.3 is 16.0 Å². The third-order valence-electron chi connectivity index (χ3n) is 5.83. The molecule has 3 heterocycles. The van der Waals surface area contributed by atoms with E-state index in [1.807, 2.05) is 17.0 Å². The Labute approximate surface area is 167 Å². The van der Waals surface area contributed by atoms with E-state index >= 15 is 0 Å². The first-order valence-corrected chi connectivity index (χ1v) is 10.3. The molecule has 1 atom stereocenters. The number of rotatable bonds is 5. The molecule has 2 saturated heterocycles. The van der Waals surface area contributed by atoms with E-state index in [4.69, 9.17) is 5.73 Å². The van der Waals surface area contributed by atoms with Crippen molar-refractivity contribution in [1.29, 1.82) is 0 Å². The van der Waals surface area contributed by atoms with Crippen LogP contribution in [0.2, 0.25) is 0 Å². The van der Waals surface area contributed by atoms with Gasteiger partial charge in [0.05, 0.1) is 11.5 Å². The number of nitrogens with two attached hydrogens (primary N) is 1. The van der Waals surface area contributed by atoms with Crippen LogP contribution in [0.5, 0.6) is 0 Å². The lowest BCUT2D eigenvalue weighted by Crippen LogP contribution is -2.56. The van der Waals surface area contributed by atoms with Crippen molar-refractivity contribution >= 4 is 11.8 Å². The van der Waals surface area contributed by atoms with Gasteiger partial charge in [-0.2, -0.15) is 0 Å². The van der Waals surface area contributed by atoms with Crippen molar-refractivity contribution in [2.24, 2.45) is 11.7 Å². The summed E-state index contributed by atoms with van der Waals surface area (Å²) in [5.74, 6) is 0.191. The van der Waals surface area contributed by atoms with Gasteiger partial charge >= 0.3 is 0 Å². The van der Waals surface area contributed by atoms with E-state index in [1.54, 1.807) is 26.2 Å². The number of pyridine rings is 1. The summed E-state index contributed by atoms with van der Waals surface area (Å²) in [5, 5.41) is 3.06. The molecule has 7 heteroatoms. The molecule has 0 saturated carbocycles. The van der Waals surface area contributed by atoms with Crippen LogP contribution in [0.1, 0.15) is 45.1 Å². The molecule has 0 bridgehead atoms.